The molecule has 1 aromatic carbocycles. The summed E-state index contributed by atoms with van der Waals surface area (Å²) < 4.78 is 12.9. The van der Waals surface area contributed by atoms with Crippen molar-refractivity contribution in [1.82, 2.24) is 0 Å². The molecular weight excluding hydrogens is 185 g/mol. The number of allylic oxidation sites excluding steroid dienone is 1. The Morgan fingerprint density at radius 1 is 1.57 bits per heavy atom. The number of carbonyl (C=O) groups is 1. The van der Waals surface area contributed by atoms with Crippen molar-refractivity contribution >= 4 is 12.0 Å². The maximum absolute atomic E-state index is 12.9. The molecule has 0 saturated heterocycles. The highest BCUT2D eigenvalue weighted by atomic mass is 19.1. The molecule has 1 N–H and O–H groups in total. The van der Waals surface area contributed by atoms with E-state index >= 15 is 0 Å². The summed E-state index contributed by atoms with van der Waals surface area (Å²) in [6.07, 6.45) is 2.60. The third-order valence-electron chi connectivity index (χ3n) is 1.57. The van der Waals surface area contributed by atoms with Gasteiger partial charge in [0.1, 0.15) is 5.82 Å². The number of hydrogen-bond acceptors (Lipinski definition) is 2. The molecule has 70 valence electrons. The lowest BCUT2D eigenvalue weighted by molar-refractivity contribution is 0.0692. The summed E-state index contributed by atoms with van der Waals surface area (Å²) in [6, 6.07) is 5.38. The van der Waals surface area contributed by atoms with Crippen molar-refractivity contribution in [1.29, 1.82) is 5.26 Å². The fourth-order valence-electron chi connectivity index (χ4n) is 0.944. The molecule has 14 heavy (non-hydrogen) atoms. The molecule has 3 nitrogen and oxygen atoms in total. The fourth-order valence-corrected chi connectivity index (χ4v) is 0.944. The van der Waals surface area contributed by atoms with Crippen LogP contribution in [0.4, 0.5) is 4.39 Å². The summed E-state index contributed by atoms with van der Waals surface area (Å²) in [4.78, 5) is 10.5. The van der Waals surface area contributed by atoms with Gasteiger partial charge in [0.05, 0.1) is 11.6 Å². The number of benzene rings is 1. The molecule has 0 spiro atoms. The number of hydrogen-bond donors (Lipinski definition) is 1. The van der Waals surface area contributed by atoms with Crippen molar-refractivity contribution in [3.05, 3.63) is 41.2 Å². The van der Waals surface area contributed by atoms with E-state index in [1.807, 2.05) is 0 Å². The van der Waals surface area contributed by atoms with Crippen molar-refractivity contribution in [2.75, 3.05) is 0 Å². The monoisotopic (exact) mass is 191 g/mol. The lowest BCUT2D eigenvalue weighted by Gasteiger charge is -1.98. The first kappa shape index (κ1) is 9.93. The van der Waals surface area contributed by atoms with E-state index in [4.69, 9.17) is 10.4 Å². The van der Waals surface area contributed by atoms with Gasteiger partial charge in [-0.2, -0.15) is 5.26 Å². The minimum Gasteiger partial charge on any atom is -0.478 e. The molecule has 0 heterocycles. The van der Waals surface area contributed by atoms with Crippen LogP contribution in [-0.2, 0) is 0 Å². The van der Waals surface area contributed by atoms with E-state index in [1.165, 1.54) is 24.3 Å². The molecule has 0 bridgehead atoms. The molecule has 0 aromatic heterocycles. The normalized spacial score (nSPS) is 10.0. The first-order valence-corrected chi connectivity index (χ1v) is 3.74. The highest BCUT2D eigenvalue weighted by molar-refractivity contribution is 5.88. The molecule has 0 atom stereocenters. The van der Waals surface area contributed by atoms with Crippen LogP contribution in [-0.4, -0.2) is 11.1 Å². The van der Waals surface area contributed by atoms with Gasteiger partial charge in [0.25, 0.3) is 0 Å². The van der Waals surface area contributed by atoms with Gasteiger partial charge in [0.2, 0.25) is 0 Å². The minimum absolute atomic E-state index is 0.398. The van der Waals surface area contributed by atoms with Gasteiger partial charge in [-0.05, 0) is 23.8 Å². The predicted molar refractivity (Wildman–Crippen MR) is 48.0 cm³/mol. The van der Waals surface area contributed by atoms with Gasteiger partial charge in [-0.1, -0.05) is 6.07 Å². The van der Waals surface area contributed by atoms with E-state index in [1.54, 1.807) is 6.07 Å². The number of carboxylic acids is 1. The van der Waals surface area contributed by atoms with E-state index in [2.05, 4.69) is 0 Å². The zero-order chi connectivity index (χ0) is 10.6. The topological polar surface area (TPSA) is 61.1 Å². The highest BCUT2D eigenvalue weighted by Gasteiger charge is 2.09. The van der Waals surface area contributed by atoms with E-state index in [9.17, 15) is 9.18 Å². The number of carboxylic acid groups (broad SMARTS) is 1. The molecule has 4 heteroatoms. The Balaban J connectivity index is 3.14. The van der Waals surface area contributed by atoms with Crippen LogP contribution in [0, 0.1) is 17.1 Å². The van der Waals surface area contributed by atoms with Gasteiger partial charge in [-0.25, -0.2) is 9.18 Å². The van der Waals surface area contributed by atoms with Gasteiger partial charge in [0, 0.05) is 6.08 Å². The Kier molecular flexibility index (Phi) is 2.97. The number of rotatable bonds is 2. The molecule has 0 saturated carbocycles. The number of halogens is 1. The van der Waals surface area contributed by atoms with Gasteiger partial charge >= 0.3 is 5.97 Å². The lowest BCUT2D eigenvalue weighted by Crippen LogP contribution is -2.00. The van der Waals surface area contributed by atoms with E-state index in [-0.39, 0.29) is 0 Å². The Bertz CT molecular complexity index is 432. The van der Waals surface area contributed by atoms with Crippen LogP contribution in [0.25, 0.3) is 6.08 Å². The summed E-state index contributed by atoms with van der Waals surface area (Å²) in [5.74, 6) is -2.11. The van der Waals surface area contributed by atoms with Crippen LogP contribution >= 0.6 is 0 Å². The maximum Gasteiger partial charge on any atom is 0.338 e. The second kappa shape index (κ2) is 4.19. The molecule has 0 amide bonds. The van der Waals surface area contributed by atoms with Crippen LogP contribution in [0.3, 0.4) is 0 Å². The van der Waals surface area contributed by atoms with Crippen molar-refractivity contribution in [3.8, 4) is 6.07 Å². The smallest absolute Gasteiger partial charge is 0.338 e. The van der Waals surface area contributed by atoms with Gasteiger partial charge in [-0.15, -0.1) is 0 Å². The number of nitrogens with zero attached hydrogens (tertiary/aromatic N) is 1. The Morgan fingerprint density at radius 3 is 2.86 bits per heavy atom. The van der Waals surface area contributed by atoms with Crippen LogP contribution < -0.4 is 0 Å². The SMILES string of the molecule is N#CC=Cc1ccc(F)c(C(=O)O)c1. The maximum atomic E-state index is 12.9. The third kappa shape index (κ3) is 2.17. The lowest BCUT2D eigenvalue weighted by atomic mass is 10.1. The van der Waals surface area contributed by atoms with Crippen LogP contribution in [0.1, 0.15) is 15.9 Å². The van der Waals surface area contributed by atoms with Crippen LogP contribution in [0.5, 0.6) is 0 Å². The Labute approximate surface area is 79.7 Å². The zero-order valence-corrected chi connectivity index (χ0v) is 7.07. The fraction of sp³-hybridized carbons (Fsp3) is 0. The quantitative estimate of drug-likeness (QED) is 0.728. The average Bonchev–Trinajstić information content (AvgIpc) is 2.16. The molecule has 1 aromatic rings. The second-order valence-corrected chi connectivity index (χ2v) is 2.51. The summed E-state index contributed by atoms with van der Waals surface area (Å²) in [6.45, 7) is 0. The largest absolute Gasteiger partial charge is 0.478 e. The summed E-state index contributed by atoms with van der Waals surface area (Å²) in [5, 5.41) is 16.8. The van der Waals surface area contributed by atoms with E-state index in [0.717, 1.165) is 6.07 Å². The molecule has 0 aliphatic carbocycles. The van der Waals surface area contributed by atoms with Crippen molar-refractivity contribution < 1.29 is 14.3 Å². The zero-order valence-electron chi connectivity index (χ0n) is 7.07. The summed E-state index contributed by atoms with van der Waals surface area (Å²) in [5.41, 5.74) is 0.0791. The predicted octanol–water partition coefficient (Wildman–Crippen LogP) is 2.06. The molecule has 0 aliphatic heterocycles. The number of aromatic carboxylic acids is 1. The summed E-state index contributed by atoms with van der Waals surface area (Å²) >= 11 is 0. The first-order valence-electron chi connectivity index (χ1n) is 3.74. The highest BCUT2D eigenvalue weighted by Crippen LogP contribution is 2.11. The van der Waals surface area contributed by atoms with E-state index < -0.39 is 17.3 Å². The molecule has 0 aliphatic rings. The summed E-state index contributed by atoms with van der Waals surface area (Å²) in [7, 11) is 0. The average molecular weight is 191 g/mol. The van der Waals surface area contributed by atoms with Crippen LogP contribution in [0.2, 0.25) is 0 Å². The standard InChI is InChI=1S/C10H6FNO2/c11-9-4-3-7(2-1-5-12)6-8(9)10(13)14/h1-4,6H,(H,13,14). The first-order chi connectivity index (χ1) is 6.65. The van der Waals surface area contributed by atoms with Crippen molar-refractivity contribution in [3.63, 3.8) is 0 Å². The Morgan fingerprint density at radius 2 is 2.29 bits per heavy atom. The van der Waals surface area contributed by atoms with Crippen molar-refractivity contribution in [2.45, 2.75) is 0 Å². The Hall–Kier alpha value is -2.15. The second-order valence-electron chi connectivity index (χ2n) is 2.51. The molecular formula is C10H6FNO2. The van der Waals surface area contributed by atoms with Crippen LogP contribution in [0.15, 0.2) is 24.3 Å². The number of nitriles is 1. The molecule has 1 rings (SSSR count). The van der Waals surface area contributed by atoms with E-state index in [0.29, 0.717) is 5.56 Å². The van der Waals surface area contributed by atoms with Crippen molar-refractivity contribution in [2.24, 2.45) is 0 Å². The molecule has 0 radical (unpaired) electrons. The molecule has 0 fully saturated rings. The van der Waals surface area contributed by atoms with Gasteiger partial charge in [-0.3, -0.25) is 0 Å². The minimum atomic E-state index is -1.32. The van der Waals surface area contributed by atoms with Gasteiger partial charge in [0.15, 0.2) is 0 Å². The van der Waals surface area contributed by atoms with Gasteiger partial charge < -0.3 is 5.11 Å². The third-order valence-corrected chi connectivity index (χ3v) is 1.57. The molecule has 0 unspecified atom stereocenters.